The van der Waals surface area contributed by atoms with Crippen LogP contribution in [-0.2, 0) is 11.2 Å². The molecule has 196 valence electrons. The standard InChI is InChI=1S/C14H16F2N4O.C11H18N2O2/c15-14(16,7-10-3-1-2-6-19-10)8-11(18)12(21)20-13(9-17)4-5-13;14-10(15)13-7-11(8-13)3-5-12(6-4-11)9-1-2-9/h1-3,6,11H,4-5,7-8,18H2,(H,20,21);9H,1-8H2,(H,14,15)/t11-;/m0./s1. The molecule has 3 heterocycles. The van der Waals surface area contributed by atoms with Crippen molar-refractivity contribution in [3.63, 3.8) is 0 Å². The van der Waals surface area contributed by atoms with Crippen LogP contribution < -0.4 is 11.1 Å². The zero-order chi connectivity index (χ0) is 26.0. The van der Waals surface area contributed by atoms with Gasteiger partial charge < -0.3 is 26.0 Å². The molecule has 5 rings (SSSR count). The molecule has 1 spiro atoms. The second-order valence-corrected chi connectivity index (χ2v) is 10.8. The first-order valence-electron chi connectivity index (χ1n) is 12.5. The maximum Gasteiger partial charge on any atom is 0.407 e. The topological polar surface area (TPSA) is 136 Å². The van der Waals surface area contributed by atoms with E-state index in [1.165, 1.54) is 51.0 Å². The summed E-state index contributed by atoms with van der Waals surface area (Å²) in [5.41, 5.74) is 5.22. The van der Waals surface area contributed by atoms with E-state index in [0.717, 1.165) is 19.1 Å². The van der Waals surface area contributed by atoms with Gasteiger partial charge in [0.25, 0.3) is 5.92 Å². The Kier molecular flexibility index (Phi) is 7.48. The number of carbonyl (C=O) groups is 2. The molecule has 4 fully saturated rings. The molecular formula is C25H34F2N6O3. The summed E-state index contributed by atoms with van der Waals surface area (Å²) >= 11 is 0. The normalized spacial score (nSPS) is 22.9. The zero-order valence-electron chi connectivity index (χ0n) is 20.3. The summed E-state index contributed by atoms with van der Waals surface area (Å²) in [6.07, 6.45) is 5.57. The summed E-state index contributed by atoms with van der Waals surface area (Å²) in [6.45, 7) is 3.94. The number of pyridine rings is 1. The molecule has 4 aliphatic rings. The van der Waals surface area contributed by atoms with Crippen molar-refractivity contribution in [1.82, 2.24) is 20.1 Å². The molecule has 11 heteroatoms. The summed E-state index contributed by atoms with van der Waals surface area (Å²) < 4.78 is 27.8. The van der Waals surface area contributed by atoms with Crippen molar-refractivity contribution in [2.75, 3.05) is 26.2 Å². The van der Waals surface area contributed by atoms with E-state index >= 15 is 0 Å². The number of halogens is 2. The van der Waals surface area contributed by atoms with E-state index in [0.29, 0.717) is 18.3 Å². The predicted molar refractivity (Wildman–Crippen MR) is 127 cm³/mol. The van der Waals surface area contributed by atoms with Gasteiger partial charge in [-0.25, -0.2) is 13.6 Å². The molecule has 0 bridgehead atoms. The molecule has 2 amide bonds. The van der Waals surface area contributed by atoms with Gasteiger partial charge in [0.1, 0.15) is 5.54 Å². The minimum Gasteiger partial charge on any atom is -0.465 e. The third-order valence-corrected chi connectivity index (χ3v) is 7.59. The van der Waals surface area contributed by atoms with E-state index in [-0.39, 0.29) is 5.69 Å². The lowest BCUT2D eigenvalue weighted by molar-refractivity contribution is -0.125. The van der Waals surface area contributed by atoms with Crippen LogP contribution in [0.25, 0.3) is 0 Å². The van der Waals surface area contributed by atoms with Gasteiger partial charge in [0.2, 0.25) is 5.91 Å². The van der Waals surface area contributed by atoms with Crippen LogP contribution in [0.15, 0.2) is 24.4 Å². The van der Waals surface area contributed by atoms with Crippen LogP contribution in [0, 0.1) is 16.7 Å². The highest BCUT2D eigenvalue weighted by atomic mass is 19.3. The van der Waals surface area contributed by atoms with E-state index in [2.05, 4.69) is 15.2 Å². The second-order valence-electron chi connectivity index (χ2n) is 10.8. The first-order chi connectivity index (χ1) is 17.0. The fourth-order valence-corrected chi connectivity index (χ4v) is 4.99. The highest BCUT2D eigenvalue weighted by Crippen LogP contribution is 2.42. The number of rotatable bonds is 7. The molecule has 9 nitrogen and oxygen atoms in total. The number of nitrogens with one attached hydrogen (secondary N) is 1. The lowest BCUT2D eigenvalue weighted by Crippen LogP contribution is -2.61. The Morgan fingerprint density at radius 3 is 2.42 bits per heavy atom. The summed E-state index contributed by atoms with van der Waals surface area (Å²) in [7, 11) is 0. The molecule has 2 aliphatic carbocycles. The van der Waals surface area contributed by atoms with Crippen LogP contribution >= 0.6 is 0 Å². The number of hydrogen-bond acceptors (Lipinski definition) is 6. The van der Waals surface area contributed by atoms with E-state index < -0.39 is 42.3 Å². The van der Waals surface area contributed by atoms with Crippen molar-refractivity contribution in [2.45, 2.75) is 74.9 Å². The Morgan fingerprint density at radius 1 is 1.25 bits per heavy atom. The highest BCUT2D eigenvalue weighted by molar-refractivity contribution is 5.83. The van der Waals surface area contributed by atoms with Gasteiger partial charge in [0.05, 0.1) is 18.5 Å². The number of nitrogens with zero attached hydrogens (tertiary/aromatic N) is 4. The molecule has 36 heavy (non-hydrogen) atoms. The molecule has 2 aliphatic heterocycles. The summed E-state index contributed by atoms with van der Waals surface area (Å²) in [5.74, 6) is -3.84. The van der Waals surface area contributed by atoms with Crippen molar-refractivity contribution in [2.24, 2.45) is 11.1 Å². The van der Waals surface area contributed by atoms with Gasteiger partial charge in [-0.3, -0.25) is 9.78 Å². The number of aromatic nitrogens is 1. The van der Waals surface area contributed by atoms with E-state index in [4.69, 9.17) is 16.1 Å². The third kappa shape index (κ3) is 6.68. The first kappa shape index (κ1) is 26.2. The number of nitrogens with two attached hydrogens (primary N) is 1. The Hall–Kier alpha value is -2.84. The minimum atomic E-state index is -3.13. The molecule has 2 saturated heterocycles. The van der Waals surface area contributed by atoms with Crippen LogP contribution in [0.3, 0.4) is 0 Å². The molecule has 1 aromatic rings. The van der Waals surface area contributed by atoms with Crippen LogP contribution in [0.2, 0.25) is 0 Å². The van der Waals surface area contributed by atoms with E-state index in [9.17, 15) is 18.4 Å². The number of likely N-dealkylation sites (tertiary alicyclic amines) is 2. The van der Waals surface area contributed by atoms with E-state index in [1.807, 2.05) is 6.07 Å². The Labute approximate surface area is 209 Å². The smallest absolute Gasteiger partial charge is 0.407 e. The van der Waals surface area contributed by atoms with Crippen LogP contribution in [-0.4, -0.2) is 81.6 Å². The van der Waals surface area contributed by atoms with Gasteiger partial charge in [-0.1, -0.05) is 6.07 Å². The Balaban J connectivity index is 0.000000178. The lowest BCUT2D eigenvalue weighted by atomic mass is 9.72. The maximum atomic E-state index is 13.9. The van der Waals surface area contributed by atoms with Gasteiger partial charge in [-0.15, -0.1) is 0 Å². The predicted octanol–water partition coefficient (Wildman–Crippen LogP) is 2.37. The molecule has 0 radical (unpaired) electrons. The summed E-state index contributed by atoms with van der Waals surface area (Å²) in [6, 6.07) is 6.23. The average molecular weight is 505 g/mol. The quantitative estimate of drug-likeness (QED) is 0.519. The maximum absolute atomic E-state index is 13.9. The molecular weight excluding hydrogens is 470 g/mol. The van der Waals surface area contributed by atoms with Crippen molar-refractivity contribution in [3.05, 3.63) is 30.1 Å². The molecule has 0 unspecified atom stereocenters. The molecule has 2 saturated carbocycles. The van der Waals surface area contributed by atoms with Crippen LogP contribution in [0.4, 0.5) is 13.6 Å². The van der Waals surface area contributed by atoms with Crippen molar-refractivity contribution in [3.8, 4) is 6.07 Å². The zero-order valence-corrected chi connectivity index (χ0v) is 20.3. The number of nitriles is 1. The number of carbonyl (C=O) groups excluding carboxylic acids is 1. The minimum absolute atomic E-state index is 0.241. The lowest BCUT2D eigenvalue weighted by Gasteiger charge is -2.53. The van der Waals surface area contributed by atoms with Gasteiger partial charge in [-0.2, -0.15) is 5.26 Å². The molecule has 4 N–H and O–H groups in total. The van der Waals surface area contributed by atoms with Crippen molar-refractivity contribution < 1.29 is 23.5 Å². The van der Waals surface area contributed by atoms with Gasteiger partial charge in [0, 0.05) is 42.9 Å². The second kappa shape index (κ2) is 10.3. The Bertz CT molecular complexity index is 977. The first-order valence-corrected chi connectivity index (χ1v) is 12.5. The molecule has 1 aromatic heterocycles. The third-order valence-electron chi connectivity index (χ3n) is 7.59. The molecule has 0 aromatic carbocycles. The monoisotopic (exact) mass is 504 g/mol. The number of hydrogen-bond donors (Lipinski definition) is 3. The fraction of sp³-hybridized carbons (Fsp3) is 0.680. The highest BCUT2D eigenvalue weighted by Gasteiger charge is 2.48. The number of alkyl halides is 2. The van der Waals surface area contributed by atoms with Crippen LogP contribution in [0.5, 0.6) is 0 Å². The van der Waals surface area contributed by atoms with Crippen molar-refractivity contribution >= 4 is 12.0 Å². The molecule has 1 atom stereocenters. The largest absolute Gasteiger partial charge is 0.465 e. The summed E-state index contributed by atoms with van der Waals surface area (Å²) in [5, 5.41) is 20.1. The fourth-order valence-electron chi connectivity index (χ4n) is 4.99. The van der Waals surface area contributed by atoms with E-state index in [1.54, 1.807) is 17.0 Å². The SMILES string of the molecule is N#CC1(NC(=O)[C@@H](N)CC(F)(F)Cc2ccccn2)CC1.O=C(O)N1CC2(CCN(C3CC3)CC2)C1. The number of carboxylic acid groups (broad SMARTS) is 1. The summed E-state index contributed by atoms with van der Waals surface area (Å²) in [4.78, 5) is 30.4. The number of piperidine rings is 1. The van der Waals surface area contributed by atoms with Gasteiger partial charge >= 0.3 is 6.09 Å². The number of amides is 2. The van der Waals surface area contributed by atoms with Gasteiger partial charge in [0.15, 0.2) is 0 Å². The van der Waals surface area contributed by atoms with Crippen molar-refractivity contribution in [1.29, 1.82) is 5.26 Å². The van der Waals surface area contributed by atoms with Crippen LogP contribution in [0.1, 0.15) is 50.6 Å². The van der Waals surface area contributed by atoms with Gasteiger partial charge in [-0.05, 0) is 63.7 Å². The average Bonchev–Trinajstić information content (AvgIpc) is 3.74. The Morgan fingerprint density at radius 2 is 1.92 bits per heavy atom.